The van der Waals surface area contributed by atoms with E-state index in [9.17, 15) is 17.6 Å². The molecule has 0 aliphatic heterocycles. The summed E-state index contributed by atoms with van der Waals surface area (Å²) in [6.07, 6.45) is -0.975. The highest BCUT2D eigenvalue weighted by molar-refractivity contribution is 6.76. The molecule has 0 N–H and O–H groups in total. The Balaban J connectivity index is 3.14. The van der Waals surface area contributed by atoms with Gasteiger partial charge in [-0.05, 0) is 51.4 Å². The third kappa shape index (κ3) is 8.36. The van der Waals surface area contributed by atoms with Crippen molar-refractivity contribution >= 4 is 25.2 Å². The lowest BCUT2D eigenvalue weighted by atomic mass is 9.64. The number of halogens is 4. The van der Waals surface area contributed by atoms with Crippen LogP contribution in [0.1, 0.15) is 25.7 Å². The van der Waals surface area contributed by atoms with Gasteiger partial charge in [0.15, 0.2) is 8.32 Å². The van der Waals surface area contributed by atoms with Crippen molar-refractivity contribution in [3.63, 3.8) is 0 Å². The topological polar surface area (TPSA) is 46.2 Å². The lowest BCUT2D eigenvalue weighted by Crippen LogP contribution is -2.64. The minimum absolute atomic E-state index is 0.0248. The van der Waals surface area contributed by atoms with Crippen LogP contribution in [0.5, 0.6) is 0 Å². The second kappa shape index (κ2) is 11.9. The van der Waals surface area contributed by atoms with Crippen LogP contribution >= 0.6 is 0 Å². The maximum atomic E-state index is 13.2. The molecule has 1 aliphatic carbocycles. The van der Waals surface area contributed by atoms with Gasteiger partial charge in [0.2, 0.25) is 0 Å². The number of rotatable bonds is 16. The maximum Gasteiger partial charge on any atom is 0.504 e. The zero-order chi connectivity index (χ0) is 25.7. The van der Waals surface area contributed by atoms with E-state index < -0.39 is 44.2 Å². The van der Waals surface area contributed by atoms with Crippen LogP contribution in [0, 0.1) is 5.41 Å². The van der Waals surface area contributed by atoms with Crippen LogP contribution in [-0.4, -0.2) is 78.2 Å². The van der Waals surface area contributed by atoms with Gasteiger partial charge >= 0.3 is 21.2 Å². The van der Waals surface area contributed by atoms with Crippen LogP contribution in [0.2, 0.25) is 50.9 Å². The van der Waals surface area contributed by atoms with E-state index in [2.05, 4.69) is 39.3 Å². The van der Waals surface area contributed by atoms with Crippen molar-refractivity contribution in [3.05, 3.63) is 0 Å². The summed E-state index contributed by atoms with van der Waals surface area (Å²) in [5.41, 5.74) is -0.131. The largest absolute Gasteiger partial charge is 0.504 e. The van der Waals surface area contributed by atoms with E-state index in [-0.39, 0.29) is 23.7 Å². The van der Waals surface area contributed by atoms with Gasteiger partial charge in [0.1, 0.15) is 6.61 Å². The highest BCUT2D eigenvalue weighted by atomic mass is 28.4. The zero-order valence-corrected chi connectivity index (χ0v) is 24.7. The molecule has 1 rings (SSSR count). The molecule has 0 aromatic rings. The molecule has 1 fully saturated rings. The summed E-state index contributed by atoms with van der Waals surface area (Å²) < 4.78 is 80.4. The normalized spacial score (nSPS) is 23.6. The molecule has 0 spiro atoms. The van der Waals surface area contributed by atoms with Gasteiger partial charge in [0.05, 0.1) is 6.10 Å². The average molecular weight is 537 g/mol. The van der Waals surface area contributed by atoms with E-state index in [0.717, 1.165) is 18.9 Å². The van der Waals surface area contributed by atoms with Gasteiger partial charge in [-0.1, -0.05) is 19.6 Å². The maximum absolute atomic E-state index is 13.2. The quantitative estimate of drug-likeness (QED) is 0.132. The summed E-state index contributed by atoms with van der Waals surface area (Å²) in [4.78, 5) is 0. The summed E-state index contributed by atoms with van der Waals surface area (Å²) in [5, 5.41) is 0. The fraction of sp³-hybridized carbons (Fsp3) is 1.00. The van der Waals surface area contributed by atoms with Crippen molar-refractivity contribution in [1.82, 2.24) is 0 Å². The minimum atomic E-state index is -4.13. The molecule has 0 saturated heterocycles. The van der Waals surface area contributed by atoms with Crippen LogP contribution in [0.4, 0.5) is 17.6 Å². The Kier molecular flexibility index (Phi) is 11.3. The lowest BCUT2D eigenvalue weighted by Gasteiger charge is -2.59. The zero-order valence-electron chi connectivity index (χ0n) is 21.7. The molecule has 0 bridgehead atoms. The average Bonchev–Trinajstić information content (AvgIpc) is 2.66. The molecule has 12 heteroatoms. The molecule has 0 aromatic carbocycles. The number of hydrogen-bond donors (Lipinski definition) is 0. The van der Waals surface area contributed by atoms with Gasteiger partial charge in [-0.3, -0.25) is 0 Å². The predicted molar refractivity (Wildman–Crippen MR) is 130 cm³/mol. The fourth-order valence-electron chi connectivity index (χ4n) is 5.10. The molecule has 3 unspecified atom stereocenters. The first-order valence-corrected chi connectivity index (χ1v) is 20.5. The van der Waals surface area contributed by atoms with Gasteiger partial charge in [-0.15, -0.1) is 0 Å². The Morgan fingerprint density at radius 3 is 1.88 bits per heavy atom. The highest BCUT2D eigenvalue weighted by Gasteiger charge is 2.66. The molecule has 0 radical (unpaired) electrons. The molecule has 0 heterocycles. The summed E-state index contributed by atoms with van der Waals surface area (Å²) in [6, 6.07) is 0.995. The van der Waals surface area contributed by atoms with E-state index in [0.29, 0.717) is 12.8 Å². The molecule has 0 aromatic heterocycles. The Labute approximate surface area is 200 Å². The van der Waals surface area contributed by atoms with Crippen LogP contribution in [0.25, 0.3) is 0 Å². The number of alkyl halides is 4. The molecule has 1 saturated carbocycles. The number of hydrogen-bond acceptors (Lipinski definition) is 5. The molecule has 198 valence electrons. The monoisotopic (exact) mass is 536 g/mol. The molecule has 5 nitrogen and oxygen atoms in total. The Morgan fingerprint density at radius 1 is 0.970 bits per heavy atom. The van der Waals surface area contributed by atoms with Crippen molar-refractivity contribution in [2.24, 2.45) is 5.41 Å². The highest BCUT2D eigenvalue weighted by Crippen LogP contribution is 2.63. The van der Waals surface area contributed by atoms with Gasteiger partial charge in [0.25, 0.3) is 0 Å². The Bertz CT molecular complexity index is 589. The standard InChI is InChI=1S/C21H44F4O5Si3/c1-26-33(27-2,28-3)18-12-13-20(18,16-31(4,5)6)17(30-32(7,8)9)11-10-14-29-15-21(24,25)19(22)23/h17-19H,10-16H2,1-9H3. The molecule has 33 heavy (non-hydrogen) atoms. The van der Waals surface area contributed by atoms with Crippen molar-refractivity contribution in [1.29, 1.82) is 0 Å². The first-order valence-electron chi connectivity index (χ1n) is 11.6. The summed E-state index contributed by atoms with van der Waals surface area (Å²) in [6.45, 7) is 12.0. The summed E-state index contributed by atoms with van der Waals surface area (Å²) in [5.74, 6) is -4.13. The van der Waals surface area contributed by atoms with E-state index in [1.807, 2.05) is 0 Å². The smallest absolute Gasteiger partial charge is 0.414 e. The van der Waals surface area contributed by atoms with Crippen molar-refractivity contribution < 1.29 is 40.0 Å². The second-order valence-electron chi connectivity index (χ2n) is 11.3. The second-order valence-corrected chi connectivity index (χ2v) is 24.3. The first kappa shape index (κ1) is 31.2. The number of ether oxygens (including phenoxy) is 1. The van der Waals surface area contributed by atoms with E-state index >= 15 is 0 Å². The van der Waals surface area contributed by atoms with Crippen LogP contribution in [-0.2, 0) is 22.4 Å². The third-order valence-corrected chi connectivity index (χ3v) is 12.4. The minimum Gasteiger partial charge on any atom is -0.414 e. The van der Waals surface area contributed by atoms with E-state index in [4.69, 9.17) is 22.4 Å². The molecule has 3 atom stereocenters. The van der Waals surface area contributed by atoms with Gasteiger partial charge in [-0.2, -0.15) is 8.78 Å². The summed E-state index contributed by atoms with van der Waals surface area (Å²) in [7, 11) is -1.62. The SMILES string of the molecule is CO[Si](OC)(OC)C1CCC1(C[Si](C)(C)C)C(CCCOCC(F)(F)C(F)F)O[Si](C)(C)C. The predicted octanol–water partition coefficient (Wildman–Crippen LogP) is 6.27. The van der Waals surface area contributed by atoms with E-state index in [1.54, 1.807) is 21.3 Å². The Morgan fingerprint density at radius 2 is 1.52 bits per heavy atom. The van der Waals surface area contributed by atoms with Gasteiger partial charge in [-0.25, -0.2) is 8.78 Å². The first-order chi connectivity index (χ1) is 15.0. The Hall–Kier alpha value is 0.171. The third-order valence-electron chi connectivity index (χ3n) is 6.24. The van der Waals surface area contributed by atoms with Crippen LogP contribution in [0.15, 0.2) is 0 Å². The molecule has 1 aliphatic rings. The van der Waals surface area contributed by atoms with Crippen molar-refractivity contribution in [2.45, 2.75) is 95.0 Å². The molecular weight excluding hydrogens is 492 g/mol. The van der Waals surface area contributed by atoms with Crippen LogP contribution < -0.4 is 0 Å². The fourth-order valence-corrected chi connectivity index (χ4v) is 12.1. The van der Waals surface area contributed by atoms with Crippen LogP contribution in [0.3, 0.4) is 0 Å². The van der Waals surface area contributed by atoms with Crippen molar-refractivity contribution in [2.75, 3.05) is 34.5 Å². The van der Waals surface area contributed by atoms with Gasteiger partial charge in [0, 0.05) is 47.0 Å². The van der Waals surface area contributed by atoms with Gasteiger partial charge < -0.3 is 22.4 Å². The van der Waals surface area contributed by atoms with E-state index in [1.165, 1.54) is 0 Å². The summed E-state index contributed by atoms with van der Waals surface area (Å²) >= 11 is 0. The lowest BCUT2D eigenvalue weighted by molar-refractivity contribution is -0.166. The van der Waals surface area contributed by atoms with Crippen molar-refractivity contribution in [3.8, 4) is 0 Å². The molecular formula is C21H44F4O5Si3. The molecule has 0 amide bonds.